The third kappa shape index (κ3) is 1.09. The van der Waals surface area contributed by atoms with Crippen LogP contribution >= 0.6 is 0 Å². The Morgan fingerprint density at radius 2 is 2.30 bits per heavy atom. The molecule has 58 valence electrons. The predicted molar refractivity (Wildman–Crippen MR) is 29.0 cm³/mol. The summed E-state index contributed by atoms with van der Waals surface area (Å²) in [5.41, 5.74) is 0. The Balaban J connectivity index is 2.68. The maximum Gasteiger partial charge on any atom is 0.326 e. The molecule has 1 fully saturated rings. The second kappa shape index (κ2) is 2.16. The fourth-order valence-corrected chi connectivity index (χ4v) is 0.945. The lowest BCUT2D eigenvalue weighted by Crippen LogP contribution is -2.42. The number of halogens is 2. The van der Waals surface area contributed by atoms with Gasteiger partial charge < -0.3 is 5.11 Å². The summed E-state index contributed by atoms with van der Waals surface area (Å²) in [5.74, 6) is -4.56. The van der Waals surface area contributed by atoms with Gasteiger partial charge in [0.2, 0.25) is 0 Å². The summed E-state index contributed by atoms with van der Waals surface area (Å²) < 4.78 is 24.8. The first-order chi connectivity index (χ1) is 4.54. The van der Waals surface area contributed by atoms with Crippen molar-refractivity contribution in [1.82, 2.24) is 5.32 Å². The van der Waals surface area contributed by atoms with Crippen LogP contribution in [-0.2, 0) is 4.79 Å². The lowest BCUT2D eigenvalue weighted by Gasteiger charge is -2.13. The molecule has 0 aromatic rings. The molecule has 1 rings (SSSR count). The minimum atomic E-state index is -3.08. The molecule has 3 nitrogen and oxygen atoms in total. The average molecular weight is 151 g/mol. The van der Waals surface area contributed by atoms with E-state index >= 15 is 0 Å². The van der Waals surface area contributed by atoms with Crippen molar-refractivity contribution >= 4 is 5.97 Å². The number of alkyl halides is 2. The molecule has 5 heteroatoms. The fraction of sp³-hybridized carbons (Fsp3) is 0.800. The van der Waals surface area contributed by atoms with Crippen molar-refractivity contribution in [3.05, 3.63) is 0 Å². The van der Waals surface area contributed by atoms with Gasteiger partial charge in [-0.15, -0.1) is 0 Å². The van der Waals surface area contributed by atoms with Gasteiger partial charge in [0.05, 0.1) is 0 Å². The molecule has 10 heavy (non-hydrogen) atoms. The molecule has 1 aliphatic heterocycles. The number of carbonyl (C=O) groups is 1. The van der Waals surface area contributed by atoms with E-state index in [9.17, 15) is 13.6 Å². The van der Waals surface area contributed by atoms with E-state index in [1.54, 1.807) is 0 Å². The fourth-order valence-electron chi connectivity index (χ4n) is 0.945. The molecular formula is C5H7F2NO2. The van der Waals surface area contributed by atoms with Crippen LogP contribution in [0, 0.1) is 0 Å². The zero-order valence-corrected chi connectivity index (χ0v) is 5.10. The first-order valence-electron chi connectivity index (χ1n) is 2.88. The topological polar surface area (TPSA) is 49.3 Å². The lowest BCUT2D eigenvalue weighted by molar-refractivity contribution is -0.147. The molecule has 0 radical (unpaired) electrons. The highest BCUT2D eigenvalue weighted by Gasteiger charge is 2.48. The summed E-state index contributed by atoms with van der Waals surface area (Å²) in [6.07, 6.45) is -0.385. The van der Waals surface area contributed by atoms with E-state index < -0.39 is 17.9 Å². The Hall–Kier alpha value is -0.710. The molecule has 0 amide bonds. The molecule has 1 unspecified atom stereocenters. The SMILES string of the molecule is O=C(O)C1NCCC1(F)F. The lowest BCUT2D eigenvalue weighted by atomic mass is 10.2. The van der Waals surface area contributed by atoms with Crippen molar-refractivity contribution in [2.24, 2.45) is 0 Å². The normalized spacial score (nSPS) is 30.4. The quantitative estimate of drug-likeness (QED) is 0.557. The Labute approximate surface area is 56.0 Å². The summed E-state index contributed by atoms with van der Waals surface area (Å²) >= 11 is 0. The number of rotatable bonds is 1. The Bertz CT molecular complexity index is 160. The summed E-state index contributed by atoms with van der Waals surface area (Å²) in [6, 6.07) is -1.69. The number of carboxylic acid groups (broad SMARTS) is 1. The van der Waals surface area contributed by atoms with E-state index in [2.05, 4.69) is 5.32 Å². The third-order valence-electron chi connectivity index (χ3n) is 1.48. The Morgan fingerprint density at radius 1 is 1.70 bits per heavy atom. The van der Waals surface area contributed by atoms with Crippen LogP contribution in [0.5, 0.6) is 0 Å². The number of aliphatic carboxylic acids is 1. The minimum absolute atomic E-state index is 0.0734. The van der Waals surface area contributed by atoms with Crippen molar-refractivity contribution in [2.75, 3.05) is 6.54 Å². The molecule has 0 spiro atoms. The Morgan fingerprint density at radius 3 is 2.50 bits per heavy atom. The van der Waals surface area contributed by atoms with Crippen LogP contribution in [0.1, 0.15) is 6.42 Å². The van der Waals surface area contributed by atoms with Gasteiger partial charge >= 0.3 is 5.97 Å². The number of nitrogens with one attached hydrogen (secondary N) is 1. The smallest absolute Gasteiger partial charge is 0.326 e. The van der Waals surface area contributed by atoms with Crippen LogP contribution in [0.15, 0.2) is 0 Å². The molecule has 1 atom stereocenters. The monoisotopic (exact) mass is 151 g/mol. The van der Waals surface area contributed by atoms with Gasteiger partial charge in [-0.1, -0.05) is 0 Å². The average Bonchev–Trinajstić information content (AvgIpc) is 2.08. The minimum Gasteiger partial charge on any atom is -0.480 e. The largest absolute Gasteiger partial charge is 0.480 e. The van der Waals surface area contributed by atoms with Gasteiger partial charge in [0.25, 0.3) is 5.92 Å². The molecule has 0 aromatic carbocycles. The van der Waals surface area contributed by atoms with E-state index in [0.717, 1.165) is 0 Å². The van der Waals surface area contributed by atoms with Crippen LogP contribution in [0.4, 0.5) is 8.78 Å². The maximum atomic E-state index is 12.4. The van der Waals surface area contributed by atoms with Crippen molar-refractivity contribution in [3.8, 4) is 0 Å². The molecule has 1 aliphatic rings. The summed E-state index contributed by atoms with van der Waals surface area (Å²) in [5, 5.41) is 10.4. The number of hydrogen-bond donors (Lipinski definition) is 2. The zero-order valence-electron chi connectivity index (χ0n) is 5.10. The summed E-state index contributed by atoms with van der Waals surface area (Å²) in [7, 11) is 0. The van der Waals surface area contributed by atoms with Crippen LogP contribution in [-0.4, -0.2) is 29.6 Å². The second-order valence-corrected chi connectivity index (χ2v) is 2.24. The van der Waals surface area contributed by atoms with E-state index in [-0.39, 0.29) is 13.0 Å². The van der Waals surface area contributed by atoms with Crippen molar-refractivity contribution < 1.29 is 18.7 Å². The van der Waals surface area contributed by atoms with Crippen molar-refractivity contribution in [2.45, 2.75) is 18.4 Å². The molecule has 0 bridgehead atoms. The second-order valence-electron chi connectivity index (χ2n) is 2.24. The molecule has 0 aromatic heterocycles. The van der Waals surface area contributed by atoms with Gasteiger partial charge in [-0.3, -0.25) is 10.1 Å². The van der Waals surface area contributed by atoms with Gasteiger partial charge in [0.1, 0.15) is 0 Å². The van der Waals surface area contributed by atoms with Crippen LogP contribution in [0.25, 0.3) is 0 Å². The standard InChI is InChI=1S/C5H7F2NO2/c6-5(7)1-2-8-3(5)4(9)10/h3,8H,1-2H2,(H,9,10). The highest BCUT2D eigenvalue weighted by atomic mass is 19.3. The molecular weight excluding hydrogens is 144 g/mol. The maximum absolute atomic E-state index is 12.4. The predicted octanol–water partition coefficient (Wildman–Crippen LogP) is 0.0682. The third-order valence-corrected chi connectivity index (χ3v) is 1.48. The molecule has 1 saturated heterocycles. The number of carboxylic acids is 1. The van der Waals surface area contributed by atoms with Gasteiger partial charge in [0.15, 0.2) is 6.04 Å². The molecule has 1 heterocycles. The summed E-state index contributed by atoms with van der Waals surface area (Å²) in [6.45, 7) is 0.0734. The highest BCUT2D eigenvalue weighted by Crippen LogP contribution is 2.27. The van der Waals surface area contributed by atoms with Crippen LogP contribution in [0.2, 0.25) is 0 Å². The van der Waals surface area contributed by atoms with Gasteiger partial charge in [-0.05, 0) is 0 Å². The van der Waals surface area contributed by atoms with Crippen LogP contribution in [0.3, 0.4) is 0 Å². The van der Waals surface area contributed by atoms with Crippen LogP contribution < -0.4 is 5.32 Å². The van der Waals surface area contributed by atoms with Gasteiger partial charge in [-0.25, -0.2) is 8.78 Å². The van der Waals surface area contributed by atoms with Gasteiger partial charge in [0, 0.05) is 13.0 Å². The van der Waals surface area contributed by atoms with Gasteiger partial charge in [-0.2, -0.15) is 0 Å². The van der Waals surface area contributed by atoms with E-state index in [0.29, 0.717) is 0 Å². The van der Waals surface area contributed by atoms with E-state index in [1.165, 1.54) is 0 Å². The first kappa shape index (κ1) is 7.40. The first-order valence-corrected chi connectivity index (χ1v) is 2.88. The zero-order chi connectivity index (χ0) is 7.78. The molecule has 0 saturated carbocycles. The molecule has 0 aliphatic carbocycles. The molecule has 2 N–H and O–H groups in total. The Kier molecular flexibility index (Phi) is 1.60. The highest BCUT2D eigenvalue weighted by molar-refractivity contribution is 5.75. The number of hydrogen-bond acceptors (Lipinski definition) is 2. The van der Waals surface area contributed by atoms with Crippen molar-refractivity contribution in [1.29, 1.82) is 0 Å². The summed E-state index contributed by atoms with van der Waals surface area (Å²) in [4.78, 5) is 10.1. The van der Waals surface area contributed by atoms with E-state index in [1.807, 2.05) is 0 Å². The van der Waals surface area contributed by atoms with Crippen molar-refractivity contribution in [3.63, 3.8) is 0 Å². The van der Waals surface area contributed by atoms with E-state index in [4.69, 9.17) is 5.11 Å².